The Labute approximate surface area is 98.2 Å². The van der Waals surface area contributed by atoms with Crippen molar-refractivity contribution < 1.29 is 14.6 Å². The van der Waals surface area contributed by atoms with Gasteiger partial charge in [0.15, 0.2) is 0 Å². The summed E-state index contributed by atoms with van der Waals surface area (Å²) in [5, 5.41) is 8.99. The molecule has 0 aromatic carbocycles. The molecule has 1 fully saturated rings. The minimum Gasteiger partial charge on any atom is -0.481 e. The number of rotatable bonds is 4. The average molecular weight is 228 g/mol. The van der Waals surface area contributed by atoms with Crippen LogP contribution < -0.4 is 0 Å². The van der Waals surface area contributed by atoms with Crippen LogP contribution in [0.25, 0.3) is 0 Å². The summed E-state index contributed by atoms with van der Waals surface area (Å²) in [4.78, 5) is 10.9. The topological polar surface area (TPSA) is 46.5 Å². The highest BCUT2D eigenvalue weighted by molar-refractivity contribution is 5.73. The van der Waals surface area contributed by atoms with E-state index < -0.39 is 11.4 Å². The quantitative estimate of drug-likeness (QED) is 0.804. The summed E-state index contributed by atoms with van der Waals surface area (Å²) in [6.45, 7) is 8.23. The Morgan fingerprint density at radius 2 is 1.75 bits per heavy atom. The van der Waals surface area contributed by atoms with Crippen LogP contribution in [-0.4, -0.2) is 23.8 Å². The van der Waals surface area contributed by atoms with Gasteiger partial charge in [0.1, 0.15) is 0 Å². The second-order valence-electron chi connectivity index (χ2n) is 6.04. The zero-order valence-electron chi connectivity index (χ0n) is 10.8. The number of carboxylic acid groups (broad SMARTS) is 1. The minimum atomic E-state index is -0.788. The van der Waals surface area contributed by atoms with Crippen molar-refractivity contribution in [1.29, 1.82) is 0 Å². The van der Waals surface area contributed by atoms with Gasteiger partial charge < -0.3 is 9.84 Å². The number of hydrogen-bond acceptors (Lipinski definition) is 2. The lowest BCUT2D eigenvalue weighted by atomic mass is 9.81. The molecule has 1 aliphatic rings. The second kappa shape index (κ2) is 5.17. The fourth-order valence-corrected chi connectivity index (χ4v) is 2.40. The molecule has 0 amide bonds. The fraction of sp³-hybridized carbons (Fsp3) is 0.923. The predicted molar refractivity (Wildman–Crippen MR) is 63.3 cm³/mol. The van der Waals surface area contributed by atoms with Crippen LogP contribution >= 0.6 is 0 Å². The zero-order valence-corrected chi connectivity index (χ0v) is 10.8. The van der Waals surface area contributed by atoms with E-state index in [4.69, 9.17) is 9.84 Å². The van der Waals surface area contributed by atoms with Crippen LogP contribution in [0.2, 0.25) is 0 Å². The Morgan fingerprint density at radius 1 is 1.25 bits per heavy atom. The van der Waals surface area contributed by atoms with Crippen molar-refractivity contribution in [1.82, 2.24) is 0 Å². The van der Waals surface area contributed by atoms with Gasteiger partial charge in [0.25, 0.3) is 0 Å². The van der Waals surface area contributed by atoms with Gasteiger partial charge in [-0.05, 0) is 44.9 Å². The first-order valence-corrected chi connectivity index (χ1v) is 6.16. The lowest BCUT2D eigenvalue weighted by molar-refractivity contribution is -0.152. The second-order valence-corrected chi connectivity index (χ2v) is 6.04. The summed E-state index contributed by atoms with van der Waals surface area (Å²) in [6, 6.07) is 0. The van der Waals surface area contributed by atoms with E-state index in [1.807, 2.05) is 0 Å². The van der Waals surface area contributed by atoms with Gasteiger partial charge >= 0.3 is 5.97 Å². The van der Waals surface area contributed by atoms with Crippen molar-refractivity contribution in [3.63, 3.8) is 0 Å². The maximum Gasteiger partial charge on any atom is 0.311 e. The molecule has 2 atom stereocenters. The first-order chi connectivity index (χ1) is 7.31. The van der Waals surface area contributed by atoms with Gasteiger partial charge in [-0.2, -0.15) is 0 Å². The molecule has 0 aromatic heterocycles. The number of hydrogen-bond donors (Lipinski definition) is 1. The van der Waals surface area contributed by atoms with Gasteiger partial charge in [0, 0.05) is 0 Å². The minimum absolute atomic E-state index is 0.248. The van der Waals surface area contributed by atoms with Gasteiger partial charge in [0.05, 0.1) is 18.1 Å². The van der Waals surface area contributed by atoms with E-state index in [-0.39, 0.29) is 6.10 Å². The molecule has 94 valence electrons. The van der Waals surface area contributed by atoms with Crippen LogP contribution in [-0.2, 0) is 9.53 Å². The summed E-state index contributed by atoms with van der Waals surface area (Å²) in [5.74, 6) is 0.604. The molecule has 1 aliphatic carbocycles. The van der Waals surface area contributed by atoms with E-state index in [9.17, 15) is 4.79 Å². The molecule has 1 saturated carbocycles. The van der Waals surface area contributed by atoms with Crippen molar-refractivity contribution in [3.05, 3.63) is 0 Å². The van der Waals surface area contributed by atoms with E-state index >= 15 is 0 Å². The first-order valence-electron chi connectivity index (χ1n) is 6.16. The van der Waals surface area contributed by atoms with Gasteiger partial charge in [-0.3, -0.25) is 4.79 Å². The highest BCUT2D eigenvalue weighted by Gasteiger charge is 2.31. The smallest absolute Gasteiger partial charge is 0.311 e. The monoisotopic (exact) mass is 228 g/mol. The summed E-state index contributed by atoms with van der Waals surface area (Å²) >= 11 is 0. The molecule has 0 radical (unpaired) electrons. The lowest BCUT2D eigenvalue weighted by Crippen LogP contribution is -2.34. The molecule has 0 spiro atoms. The maximum absolute atomic E-state index is 10.9. The van der Waals surface area contributed by atoms with Gasteiger partial charge in [-0.1, -0.05) is 13.8 Å². The molecule has 3 heteroatoms. The lowest BCUT2D eigenvalue weighted by Gasteiger charge is -2.33. The fourth-order valence-electron chi connectivity index (χ4n) is 2.40. The molecule has 3 nitrogen and oxygen atoms in total. The van der Waals surface area contributed by atoms with E-state index in [1.165, 1.54) is 6.42 Å². The third kappa shape index (κ3) is 3.78. The molecule has 0 bridgehead atoms. The molecule has 0 aliphatic heterocycles. The van der Waals surface area contributed by atoms with Crippen molar-refractivity contribution >= 4 is 5.97 Å². The summed E-state index contributed by atoms with van der Waals surface area (Å²) < 4.78 is 5.77. The molecule has 0 saturated heterocycles. The molecule has 0 heterocycles. The van der Waals surface area contributed by atoms with E-state index in [1.54, 1.807) is 13.8 Å². The molecule has 2 unspecified atom stereocenters. The van der Waals surface area contributed by atoms with Gasteiger partial charge in [0.2, 0.25) is 0 Å². The summed E-state index contributed by atoms with van der Waals surface area (Å²) in [5.41, 5.74) is -0.774. The zero-order chi connectivity index (χ0) is 12.3. The largest absolute Gasteiger partial charge is 0.481 e. The van der Waals surface area contributed by atoms with Crippen molar-refractivity contribution in [3.8, 4) is 0 Å². The Bertz CT molecular complexity index is 238. The van der Waals surface area contributed by atoms with Crippen LogP contribution in [0.5, 0.6) is 0 Å². The summed E-state index contributed by atoms with van der Waals surface area (Å²) in [7, 11) is 0. The Hall–Kier alpha value is -0.570. The van der Waals surface area contributed by atoms with Crippen molar-refractivity contribution in [2.45, 2.75) is 53.1 Å². The highest BCUT2D eigenvalue weighted by Crippen LogP contribution is 2.31. The van der Waals surface area contributed by atoms with Crippen LogP contribution in [0, 0.1) is 17.3 Å². The summed E-state index contributed by atoms with van der Waals surface area (Å²) in [6.07, 6.45) is 3.65. The van der Waals surface area contributed by atoms with E-state index in [0.29, 0.717) is 18.4 Å². The van der Waals surface area contributed by atoms with Crippen LogP contribution in [0.4, 0.5) is 0 Å². The average Bonchev–Trinajstić information content (AvgIpc) is 2.13. The molecular formula is C13H24O3. The van der Waals surface area contributed by atoms with E-state index in [0.717, 1.165) is 12.8 Å². The first kappa shape index (κ1) is 13.5. The molecule has 0 aromatic rings. The van der Waals surface area contributed by atoms with Crippen LogP contribution in [0.3, 0.4) is 0 Å². The molecule has 1 N–H and O–H groups in total. The molecular weight excluding hydrogens is 204 g/mol. The number of carboxylic acids is 1. The maximum atomic E-state index is 10.9. The Balaban J connectivity index is 2.40. The van der Waals surface area contributed by atoms with Gasteiger partial charge in [-0.15, -0.1) is 0 Å². The predicted octanol–water partition coefficient (Wildman–Crippen LogP) is 2.94. The standard InChI is InChI=1S/C13H24O3/c1-9-5-10(2)7-11(6-9)16-8-13(3,4)12(14)15/h9-11H,5-8H2,1-4H3,(H,14,15). The number of aliphatic carboxylic acids is 1. The van der Waals surface area contributed by atoms with Crippen LogP contribution in [0.1, 0.15) is 47.0 Å². The molecule has 1 rings (SSSR count). The normalized spacial score (nSPS) is 31.4. The van der Waals surface area contributed by atoms with Crippen molar-refractivity contribution in [2.24, 2.45) is 17.3 Å². The number of carbonyl (C=O) groups is 1. The Kier molecular flexibility index (Phi) is 4.36. The highest BCUT2D eigenvalue weighted by atomic mass is 16.5. The molecule has 16 heavy (non-hydrogen) atoms. The SMILES string of the molecule is CC1CC(C)CC(OCC(C)(C)C(=O)O)C1. The Morgan fingerprint density at radius 3 is 2.19 bits per heavy atom. The number of ether oxygens (including phenoxy) is 1. The van der Waals surface area contributed by atoms with E-state index in [2.05, 4.69) is 13.8 Å². The van der Waals surface area contributed by atoms with Crippen molar-refractivity contribution in [2.75, 3.05) is 6.61 Å². The van der Waals surface area contributed by atoms with Gasteiger partial charge in [-0.25, -0.2) is 0 Å². The third-order valence-electron chi connectivity index (χ3n) is 3.39. The third-order valence-corrected chi connectivity index (χ3v) is 3.39. The van der Waals surface area contributed by atoms with Crippen LogP contribution in [0.15, 0.2) is 0 Å².